The first kappa shape index (κ1) is 27.1. The number of urea groups is 1. The minimum Gasteiger partial charge on any atom is -0.507 e. The Balaban J connectivity index is 1.67. The molecule has 0 unspecified atom stereocenters. The van der Waals surface area contributed by atoms with E-state index in [1.54, 1.807) is 37.4 Å². The van der Waals surface area contributed by atoms with Crippen LogP contribution in [0.5, 0.6) is 5.75 Å². The molecule has 1 saturated heterocycles. The van der Waals surface area contributed by atoms with Gasteiger partial charge < -0.3 is 10.4 Å². The number of phenolic OH excluding ortho intramolecular Hbond substituents is 1. The molecular weight excluding hydrogens is 496 g/mol. The molecule has 0 bridgehead atoms. The van der Waals surface area contributed by atoms with Crippen LogP contribution in [0.2, 0.25) is 0 Å². The standard InChI is InChI=1S/C30H34N4O3S/c1-29(2,3)19-15-18(25(35)22(17-19)30(4,5)6)16-23-27(36)34(28(37)33(23)7)21-12-10-20(11-13-21)32-26(31)24-9-8-14-38-24/h8-17,35H,1-7H3,(H2,31,32)/b23-16-. The predicted octanol–water partition coefficient (Wildman–Crippen LogP) is 6.93. The van der Waals surface area contributed by atoms with Gasteiger partial charge in [-0.3, -0.25) is 15.1 Å². The molecule has 1 aliphatic heterocycles. The van der Waals surface area contributed by atoms with Gasteiger partial charge in [0.15, 0.2) is 0 Å². The molecule has 2 heterocycles. The van der Waals surface area contributed by atoms with Gasteiger partial charge in [0.05, 0.1) is 10.6 Å². The van der Waals surface area contributed by atoms with E-state index in [0.29, 0.717) is 16.9 Å². The van der Waals surface area contributed by atoms with Crippen LogP contribution in [0.4, 0.5) is 16.2 Å². The van der Waals surface area contributed by atoms with Gasteiger partial charge in [0.1, 0.15) is 17.3 Å². The van der Waals surface area contributed by atoms with Crippen molar-refractivity contribution in [3.8, 4) is 5.75 Å². The summed E-state index contributed by atoms with van der Waals surface area (Å²) in [6.07, 6.45) is 1.60. The number of thiophene rings is 1. The highest BCUT2D eigenvalue weighted by atomic mass is 32.1. The van der Waals surface area contributed by atoms with Crippen molar-refractivity contribution in [3.05, 3.63) is 81.2 Å². The Labute approximate surface area is 227 Å². The number of rotatable bonds is 4. The topological polar surface area (TPSA) is 96.7 Å². The van der Waals surface area contributed by atoms with Crippen LogP contribution in [0.1, 0.15) is 63.1 Å². The number of hydrogen-bond acceptors (Lipinski definition) is 5. The zero-order valence-corrected chi connectivity index (χ0v) is 23.7. The number of likely N-dealkylation sites (N-methyl/N-ethyl adjacent to an activating group) is 1. The normalized spacial score (nSPS) is 15.5. The van der Waals surface area contributed by atoms with Gasteiger partial charge in [-0.05, 0) is 64.2 Å². The molecule has 0 spiro atoms. The van der Waals surface area contributed by atoms with Crippen LogP contribution < -0.4 is 10.2 Å². The lowest BCUT2D eigenvalue weighted by atomic mass is 9.79. The van der Waals surface area contributed by atoms with E-state index in [9.17, 15) is 14.7 Å². The number of anilines is 2. The number of imide groups is 1. The number of hydrogen-bond donors (Lipinski definition) is 3. The average Bonchev–Trinajstić information content (AvgIpc) is 3.43. The van der Waals surface area contributed by atoms with Crippen LogP contribution in [0, 0.1) is 5.41 Å². The summed E-state index contributed by atoms with van der Waals surface area (Å²) in [6.45, 7) is 12.4. The monoisotopic (exact) mass is 530 g/mol. The number of carbonyl (C=O) groups excluding carboxylic acids is 2. The van der Waals surface area contributed by atoms with Crippen molar-refractivity contribution in [2.24, 2.45) is 0 Å². The Hall–Kier alpha value is -3.91. The Morgan fingerprint density at radius 1 is 1.00 bits per heavy atom. The molecule has 1 aromatic heterocycles. The summed E-state index contributed by atoms with van der Waals surface area (Å²) in [4.78, 5) is 29.9. The second-order valence-corrected chi connectivity index (χ2v) is 12.4. The lowest BCUT2D eigenvalue weighted by molar-refractivity contribution is -0.114. The molecular formula is C30H34N4O3S. The van der Waals surface area contributed by atoms with Gasteiger partial charge in [0, 0.05) is 23.9 Å². The molecule has 8 heteroatoms. The maximum absolute atomic E-state index is 13.5. The summed E-state index contributed by atoms with van der Waals surface area (Å²) in [6, 6.07) is 14.0. The molecule has 1 fully saturated rings. The first-order valence-electron chi connectivity index (χ1n) is 12.4. The lowest BCUT2D eigenvalue weighted by Crippen LogP contribution is -2.31. The van der Waals surface area contributed by atoms with Crippen LogP contribution in [0.15, 0.2) is 59.6 Å². The number of amides is 3. The fraction of sp³-hybridized carbons (Fsp3) is 0.300. The zero-order valence-electron chi connectivity index (χ0n) is 22.8. The molecule has 0 aliphatic carbocycles. The zero-order chi connectivity index (χ0) is 28.0. The van der Waals surface area contributed by atoms with Crippen LogP contribution in [0.3, 0.4) is 0 Å². The molecule has 0 atom stereocenters. The number of aromatic hydroxyl groups is 1. The molecule has 1 aliphatic rings. The molecule has 3 aromatic rings. The Kier molecular flexibility index (Phi) is 6.97. The van der Waals surface area contributed by atoms with Crippen LogP contribution in [-0.2, 0) is 15.6 Å². The SMILES string of the molecule is CN1C(=O)N(c2ccc(NC(=N)c3cccs3)cc2)C(=O)/C1=C/c1cc(C(C)(C)C)cc(C(C)(C)C)c1O. The number of carbonyl (C=O) groups is 2. The van der Waals surface area contributed by atoms with Crippen molar-refractivity contribution in [3.63, 3.8) is 0 Å². The molecule has 0 radical (unpaired) electrons. The van der Waals surface area contributed by atoms with E-state index in [4.69, 9.17) is 5.41 Å². The maximum Gasteiger partial charge on any atom is 0.336 e. The van der Waals surface area contributed by atoms with Crippen LogP contribution in [0.25, 0.3) is 6.08 Å². The summed E-state index contributed by atoms with van der Waals surface area (Å²) < 4.78 is 0. The van der Waals surface area contributed by atoms with Crippen LogP contribution in [-0.4, -0.2) is 34.8 Å². The minimum atomic E-state index is -0.476. The van der Waals surface area contributed by atoms with Crippen LogP contribution >= 0.6 is 11.3 Å². The van der Waals surface area contributed by atoms with Gasteiger partial charge in [-0.15, -0.1) is 11.3 Å². The Morgan fingerprint density at radius 3 is 2.21 bits per heavy atom. The molecule has 38 heavy (non-hydrogen) atoms. The first-order valence-corrected chi connectivity index (χ1v) is 13.3. The number of benzene rings is 2. The van der Waals surface area contributed by atoms with Gasteiger partial charge in [-0.1, -0.05) is 53.7 Å². The molecule has 198 valence electrons. The van der Waals surface area contributed by atoms with Gasteiger partial charge in [0.2, 0.25) is 0 Å². The van der Waals surface area contributed by atoms with Crippen molar-refractivity contribution in [1.82, 2.24) is 4.90 Å². The number of amidine groups is 1. The average molecular weight is 531 g/mol. The summed E-state index contributed by atoms with van der Waals surface area (Å²) in [5.41, 5.74) is 3.09. The van der Waals surface area contributed by atoms with E-state index in [-0.39, 0.29) is 28.1 Å². The minimum absolute atomic E-state index is 0.105. The molecule has 3 N–H and O–H groups in total. The number of nitrogens with one attached hydrogen (secondary N) is 2. The molecule has 7 nitrogen and oxygen atoms in total. The third kappa shape index (κ3) is 5.22. The van der Waals surface area contributed by atoms with Gasteiger partial charge >= 0.3 is 6.03 Å². The van der Waals surface area contributed by atoms with E-state index >= 15 is 0 Å². The van der Waals surface area contributed by atoms with E-state index in [1.807, 2.05) is 50.4 Å². The fourth-order valence-electron chi connectivity index (χ4n) is 4.22. The van der Waals surface area contributed by atoms with Crippen molar-refractivity contribution in [2.45, 2.75) is 52.4 Å². The van der Waals surface area contributed by atoms with E-state index in [0.717, 1.165) is 20.9 Å². The van der Waals surface area contributed by atoms with Crippen molar-refractivity contribution in [2.75, 3.05) is 17.3 Å². The number of nitrogens with zero attached hydrogens (tertiary/aromatic N) is 2. The Bertz CT molecular complexity index is 1430. The van der Waals surface area contributed by atoms with Crippen molar-refractivity contribution < 1.29 is 14.7 Å². The molecule has 4 rings (SSSR count). The summed E-state index contributed by atoms with van der Waals surface area (Å²) in [5.74, 6) is -0.0888. The van der Waals surface area contributed by atoms with Gasteiger partial charge in [-0.25, -0.2) is 9.69 Å². The smallest absolute Gasteiger partial charge is 0.336 e. The van der Waals surface area contributed by atoms with E-state index in [1.165, 1.54) is 16.2 Å². The predicted molar refractivity (Wildman–Crippen MR) is 155 cm³/mol. The highest BCUT2D eigenvalue weighted by molar-refractivity contribution is 7.12. The summed E-state index contributed by atoms with van der Waals surface area (Å²) >= 11 is 1.47. The van der Waals surface area contributed by atoms with Crippen molar-refractivity contribution >= 4 is 46.6 Å². The third-order valence-electron chi connectivity index (χ3n) is 6.53. The highest BCUT2D eigenvalue weighted by Crippen LogP contribution is 2.39. The molecule has 0 saturated carbocycles. The van der Waals surface area contributed by atoms with Gasteiger partial charge in [0.25, 0.3) is 5.91 Å². The third-order valence-corrected chi connectivity index (χ3v) is 7.42. The number of phenols is 1. The van der Waals surface area contributed by atoms with Crippen molar-refractivity contribution in [1.29, 1.82) is 5.41 Å². The van der Waals surface area contributed by atoms with E-state index < -0.39 is 11.9 Å². The lowest BCUT2D eigenvalue weighted by Gasteiger charge is -2.27. The second-order valence-electron chi connectivity index (χ2n) is 11.5. The van der Waals surface area contributed by atoms with E-state index in [2.05, 4.69) is 26.1 Å². The van der Waals surface area contributed by atoms with Gasteiger partial charge in [-0.2, -0.15) is 0 Å². The highest BCUT2D eigenvalue weighted by Gasteiger charge is 2.40. The fourth-order valence-corrected chi connectivity index (χ4v) is 4.85. The summed E-state index contributed by atoms with van der Waals surface area (Å²) in [5, 5.41) is 24.3. The second kappa shape index (κ2) is 9.76. The first-order chi connectivity index (χ1) is 17.7. The molecule has 3 amide bonds. The molecule has 2 aromatic carbocycles. The largest absolute Gasteiger partial charge is 0.507 e. The quantitative estimate of drug-likeness (QED) is 0.148. The summed E-state index contributed by atoms with van der Waals surface area (Å²) in [7, 11) is 1.56. The maximum atomic E-state index is 13.5. The Morgan fingerprint density at radius 2 is 1.66 bits per heavy atom.